The third-order valence-electron chi connectivity index (χ3n) is 5.45. The summed E-state index contributed by atoms with van der Waals surface area (Å²) >= 11 is 0. The van der Waals surface area contributed by atoms with Crippen LogP contribution in [0.25, 0.3) is 0 Å². The van der Waals surface area contributed by atoms with Crippen molar-refractivity contribution in [3.8, 4) is 5.75 Å². The van der Waals surface area contributed by atoms with E-state index in [0.717, 1.165) is 22.7 Å². The van der Waals surface area contributed by atoms with Gasteiger partial charge in [0, 0.05) is 37.6 Å². The molecule has 4 rings (SSSR count). The molecule has 1 fully saturated rings. The lowest BCUT2D eigenvalue weighted by Crippen LogP contribution is -2.50. The third-order valence-corrected chi connectivity index (χ3v) is 5.45. The van der Waals surface area contributed by atoms with Crippen molar-refractivity contribution in [3.05, 3.63) is 90.2 Å². The fraction of sp³-hybridized carbons (Fsp3) is 0.269. The number of amides is 2. The molecule has 172 valence electrons. The number of hydrogen-bond acceptors (Lipinski definition) is 4. The van der Waals surface area contributed by atoms with E-state index in [4.69, 9.17) is 9.47 Å². The molecule has 0 aliphatic carbocycles. The fourth-order valence-electron chi connectivity index (χ4n) is 3.69. The maximum atomic E-state index is 13.1. The first kappa shape index (κ1) is 22.6. The number of benzene rings is 3. The van der Waals surface area contributed by atoms with Crippen LogP contribution < -0.4 is 15.0 Å². The minimum atomic E-state index is -0.245. The number of halogens is 1. The van der Waals surface area contributed by atoms with Gasteiger partial charge in [0.2, 0.25) is 0 Å². The smallest absolute Gasteiger partial charge is 0.321 e. The maximum Gasteiger partial charge on any atom is 0.321 e. The molecule has 1 aliphatic rings. The molecule has 1 saturated heterocycles. The Kier molecular flexibility index (Phi) is 7.76. The van der Waals surface area contributed by atoms with Gasteiger partial charge in [0.15, 0.2) is 0 Å². The van der Waals surface area contributed by atoms with Crippen molar-refractivity contribution in [2.75, 3.05) is 49.6 Å². The lowest BCUT2D eigenvalue weighted by Gasteiger charge is -2.36. The molecule has 0 spiro atoms. The molecule has 33 heavy (non-hydrogen) atoms. The van der Waals surface area contributed by atoms with Gasteiger partial charge in [-0.2, -0.15) is 0 Å². The highest BCUT2D eigenvalue weighted by Crippen LogP contribution is 2.18. The first-order valence-corrected chi connectivity index (χ1v) is 11.1. The van der Waals surface area contributed by atoms with Crippen LogP contribution >= 0.6 is 0 Å². The monoisotopic (exact) mass is 449 g/mol. The van der Waals surface area contributed by atoms with E-state index in [-0.39, 0.29) is 11.8 Å². The molecular formula is C26H28FN3O3. The summed E-state index contributed by atoms with van der Waals surface area (Å²) in [5.41, 5.74) is 2.69. The van der Waals surface area contributed by atoms with Crippen molar-refractivity contribution in [2.24, 2.45) is 0 Å². The number of hydrogen-bond donors (Lipinski definition) is 1. The van der Waals surface area contributed by atoms with Crippen LogP contribution in [0.3, 0.4) is 0 Å². The summed E-state index contributed by atoms with van der Waals surface area (Å²) in [7, 11) is 0. The largest absolute Gasteiger partial charge is 0.491 e. The third kappa shape index (κ3) is 6.70. The molecule has 0 unspecified atom stereocenters. The van der Waals surface area contributed by atoms with Crippen LogP contribution in [0.1, 0.15) is 5.56 Å². The summed E-state index contributed by atoms with van der Waals surface area (Å²) in [6, 6.07) is 23.6. The van der Waals surface area contributed by atoms with Crippen LogP contribution in [0.2, 0.25) is 0 Å². The Hall–Kier alpha value is -3.58. The van der Waals surface area contributed by atoms with Gasteiger partial charge >= 0.3 is 6.03 Å². The average molecular weight is 450 g/mol. The lowest BCUT2D eigenvalue weighted by atomic mass is 10.2. The highest BCUT2D eigenvalue weighted by Gasteiger charge is 2.21. The second-order valence-corrected chi connectivity index (χ2v) is 7.80. The van der Waals surface area contributed by atoms with Gasteiger partial charge in [0.1, 0.15) is 18.2 Å². The molecule has 0 saturated carbocycles. The van der Waals surface area contributed by atoms with Crippen molar-refractivity contribution < 1.29 is 18.7 Å². The van der Waals surface area contributed by atoms with Gasteiger partial charge in [-0.15, -0.1) is 0 Å². The van der Waals surface area contributed by atoms with Crippen LogP contribution in [0.4, 0.5) is 20.6 Å². The summed E-state index contributed by atoms with van der Waals surface area (Å²) in [6.45, 7) is 4.02. The number of carbonyl (C=O) groups excluding carboxylic acids is 1. The normalized spacial score (nSPS) is 13.6. The average Bonchev–Trinajstić information content (AvgIpc) is 2.85. The van der Waals surface area contributed by atoms with E-state index >= 15 is 0 Å². The quantitative estimate of drug-likeness (QED) is 0.503. The van der Waals surface area contributed by atoms with Crippen LogP contribution in [0.5, 0.6) is 5.75 Å². The highest BCUT2D eigenvalue weighted by atomic mass is 19.1. The molecule has 1 N–H and O–H groups in total. The van der Waals surface area contributed by atoms with E-state index in [1.165, 1.54) is 12.1 Å². The standard InChI is InChI=1S/C26H28FN3O3/c27-22-9-11-24(12-10-22)29-13-15-30(16-14-29)26(31)28-23-6-4-5-21(19-23)20-32-17-18-33-25-7-2-1-3-8-25/h1-12,19H,13-18,20H2,(H,28,31). The first-order valence-electron chi connectivity index (χ1n) is 11.1. The van der Waals surface area contributed by atoms with E-state index in [9.17, 15) is 9.18 Å². The van der Waals surface area contributed by atoms with Crippen molar-refractivity contribution >= 4 is 17.4 Å². The zero-order valence-corrected chi connectivity index (χ0v) is 18.5. The van der Waals surface area contributed by atoms with Gasteiger partial charge in [-0.1, -0.05) is 30.3 Å². The summed E-state index contributed by atoms with van der Waals surface area (Å²) in [5, 5.41) is 2.98. The van der Waals surface area contributed by atoms with Gasteiger partial charge in [0.25, 0.3) is 0 Å². The minimum absolute atomic E-state index is 0.122. The molecule has 0 atom stereocenters. The molecule has 7 heteroatoms. The van der Waals surface area contributed by atoms with Gasteiger partial charge in [-0.25, -0.2) is 9.18 Å². The molecule has 0 bridgehead atoms. The Morgan fingerprint density at radius 3 is 2.39 bits per heavy atom. The number of anilines is 2. The van der Waals surface area contributed by atoms with E-state index in [0.29, 0.717) is 46.0 Å². The molecule has 3 aromatic rings. The molecule has 0 aromatic heterocycles. The Morgan fingerprint density at radius 1 is 0.879 bits per heavy atom. The molecule has 6 nitrogen and oxygen atoms in total. The molecular weight excluding hydrogens is 421 g/mol. The number of piperazine rings is 1. The number of carbonyl (C=O) groups is 1. The topological polar surface area (TPSA) is 54.0 Å². The maximum absolute atomic E-state index is 13.1. The predicted octanol–water partition coefficient (Wildman–Crippen LogP) is 4.78. The van der Waals surface area contributed by atoms with Crippen LogP contribution in [-0.4, -0.2) is 50.3 Å². The highest BCUT2D eigenvalue weighted by molar-refractivity contribution is 5.89. The zero-order valence-electron chi connectivity index (χ0n) is 18.5. The molecule has 1 heterocycles. The Labute approximate surface area is 193 Å². The molecule has 0 radical (unpaired) electrons. The van der Waals surface area contributed by atoms with E-state index in [1.807, 2.05) is 54.6 Å². The molecule has 3 aromatic carbocycles. The molecule has 2 amide bonds. The van der Waals surface area contributed by atoms with Gasteiger partial charge in [-0.05, 0) is 54.1 Å². The fourth-order valence-corrected chi connectivity index (χ4v) is 3.69. The number of para-hydroxylation sites is 1. The summed E-state index contributed by atoms with van der Waals surface area (Å²) in [5.74, 6) is 0.578. The minimum Gasteiger partial charge on any atom is -0.491 e. The van der Waals surface area contributed by atoms with E-state index in [1.54, 1.807) is 17.0 Å². The number of urea groups is 1. The first-order chi connectivity index (χ1) is 16.2. The van der Waals surface area contributed by atoms with Crippen molar-refractivity contribution in [1.82, 2.24) is 4.90 Å². The second-order valence-electron chi connectivity index (χ2n) is 7.80. The van der Waals surface area contributed by atoms with Crippen LogP contribution in [0, 0.1) is 5.82 Å². The number of rotatable bonds is 8. The number of nitrogens with one attached hydrogen (secondary N) is 1. The predicted molar refractivity (Wildman–Crippen MR) is 127 cm³/mol. The second kappa shape index (κ2) is 11.3. The van der Waals surface area contributed by atoms with Crippen molar-refractivity contribution in [3.63, 3.8) is 0 Å². The number of nitrogens with zero attached hydrogens (tertiary/aromatic N) is 2. The van der Waals surface area contributed by atoms with E-state index in [2.05, 4.69) is 10.2 Å². The van der Waals surface area contributed by atoms with Gasteiger partial charge < -0.3 is 24.6 Å². The van der Waals surface area contributed by atoms with E-state index < -0.39 is 0 Å². The van der Waals surface area contributed by atoms with Gasteiger partial charge in [0.05, 0.1) is 13.2 Å². The van der Waals surface area contributed by atoms with Crippen molar-refractivity contribution in [1.29, 1.82) is 0 Å². The lowest BCUT2D eigenvalue weighted by molar-refractivity contribution is 0.0889. The number of ether oxygens (including phenoxy) is 2. The van der Waals surface area contributed by atoms with Crippen LogP contribution in [-0.2, 0) is 11.3 Å². The Morgan fingerprint density at radius 2 is 1.64 bits per heavy atom. The molecule has 1 aliphatic heterocycles. The van der Waals surface area contributed by atoms with Gasteiger partial charge in [-0.3, -0.25) is 0 Å². The summed E-state index contributed by atoms with van der Waals surface area (Å²) in [4.78, 5) is 16.7. The Bertz CT molecular complexity index is 1020. The summed E-state index contributed by atoms with van der Waals surface area (Å²) in [6.07, 6.45) is 0. The van der Waals surface area contributed by atoms with Crippen molar-refractivity contribution in [2.45, 2.75) is 6.61 Å². The Balaban J connectivity index is 1.19. The van der Waals surface area contributed by atoms with Crippen LogP contribution in [0.15, 0.2) is 78.9 Å². The summed E-state index contributed by atoms with van der Waals surface area (Å²) < 4.78 is 24.5. The zero-order chi connectivity index (χ0) is 22.9. The SMILES string of the molecule is O=C(Nc1cccc(COCCOc2ccccc2)c1)N1CCN(c2ccc(F)cc2)CC1.